The number of carbonyl (C=O) groups is 2. The van der Waals surface area contributed by atoms with Gasteiger partial charge in [0.25, 0.3) is 0 Å². The van der Waals surface area contributed by atoms with Crippen molar-refractivity contribution in [2.45, 2.75) is 39.9 Å². The van der Waals surface area contributed by atoms with Crippen LogP contribution < -0.4 is 14.2 Å². The van der Waals surface area contributed by atoms with E-state index in [9.17, 15) is 9.59 Å². The molecular formula is C18H22O7. The minimum Gasteiger partial charge on any atom is -0.493 e. The van der Waals surface area contributed by atoms with Gasteiger partial charge >= 0.3 is 11.9 Å². The molecule has 2 rings (SSSR count). The third-order valence-electron chi connectivity index (χ3n) is 3.78. The maximum absolute atomic E-state index is 12.0. The van der Waals surface area contributed by atoms with Gasteiger partial charge in [-0.15, -0.1) is 0 Å². The van der Waals surface area contributed by atoms with Crippen LogP contribution in [0.25, 0.3) is 0 Å². The summed E-state index contributed by atoms with van der Waals surface area (Å²) in [6, 6.07) is 3.36. The van der Waals surface area contributed by atoms with Crippen LogP contribution in [0, 0.1) is 0 Å². The maximum Gasteiger partial charge on any atom is 0.333 e. The number of methoxy groups -OCH3 is 1. The Morgan fingerprint density at radius 3 is 2.52 bits per heavy atom. The summed E-state index contributed by atoms with van der Waals surface area (Å²) in [6.45, 7) is 6.43. The topological polar surface area (TPSA) is 80.3 Å². The summed E-state index contributed by atoms with van der Waals surface area (Å²) in [6.07, 6.45) is 0.130. The molecule has 0 radical (unpaired) electrons. The van der Waals surface area contributed by atoms with Crippen molar-refractivity contribution in [1.82, 2.24) is 0 Å². The monoisotopic (exact) mass is 350 g/mol. The van der Waals surface area contributed by atoms with Gasteiger partial charge in [-0.3, -0.25) is 4.79 Å². The molecule has 0 N–H and O–H groups in total. The molecule has 1 aromatic carbocycles. The predicted octanol–water partition coefficient (Wildman–Crippen LogP) is 2.93. The van der Waals surface area contributed by atoms with Crippen molar-refractivity contribution in [2.75, 3.05) is 13.9 Å². The van der Waals surface area contributed by atoms with Gasteiger partial charge in [-0.2, -0.15) is 0 Å². The van der Waals surface area contributed by atoms with Gasteiger partial charge in [0.15, 0.2) is 17.6 Å². The number of rotatable bonds is 6. The van der Waals surface area contributed by atoms with Crippen molar-refractivity contribution < 1.29 is 33.3 Å². The van der Waals surface area contributed by atoms with Crippen LogP contribution in [0.15, 0.2) is 23.8 Å². The molecule has 1 heterocycles. The van der Waals surface area contributed by atoms with Crippen LogP contribution in [0.2, 0.25) is 0 Å². The first kappa shape index (κ1) is 18.6. The number of esters is 2. The normalized spacial score (nSPS) is 15.3. The van der Waals surface area contributed by atoms with E-state index < -0.39 is 24.1 Å². The molecule has 1 aliphatic rings. The van der Waals surface area contributed by atoms with Gasteiger partial charge in [0, 0.05) is 18.1 Å². The van der Waals surface area contributed by atoms with Crippen LogP contribution >= 0.6 is 0 Å². The van der Waals surface area contributed by atoms with E-state index >= 15 is 0 Å². The lowest BCUT2D eigenvalue weighted by Crippen LogP contribution is -2.26. The lowest BCUT2D eigenvalue weighted by molar-refractivity contribution is -0.163. The molecule has 0 aliphatic carbocycles. The second-order valence-electron chi connectivity index (χ2n) is 5.57. The SMILES string of the molecule is C/C=C(\C)C(=O)O[C@H](C)[C@H](OC(C)=O)c1cc(OC)c2c(c1)OCO2. The molecule has 0 unspecified atom stereocenters. The van der Waals surface area contributed by atoms with Crippen molar-refractivity contribution in [3.8, 4) is 17.2 Å². The van der Waals surface area contributed by atoms with E-state index in [1.54, 1.807) is 39.0 Å². The molecule has 7 heteroatoms. The standard InChI is InChI=1S/C18H22O7/c1-6-10(2)18(20)24-11(3)16(25-12(4)19)13-7-14(21-5)17-15(8-13)22-9-23-17/h6-8,11,16H,9H2,1-5H3/b10-6+/t11-,16+/m1/s1. The van der Waals surface area contributed by atoms with Gasteiger partial charge < -0.3 is 23.7 Å². The Bertz CT molecular complexity index is 693. The minimum atomic E-state index is -0.811. The van der Waals surface area contributed by atoms with E-state index in [-0.39, 0.29) is 6.79 Å². The summed E-state index contributed by atoms with van der Waals surface area (Å²) < 4.78 is 26.9. The zero-order chi connectivity index (χ0) is 18.6. The molecule has 0 bridgehead atoms. The quantitative estimate of drug-likeness (QED) is 0.576. The highest BCUT2D eigenvalue weighted by Crippen LogP contribution is 2.44. The first-order valence-corrected chi connectivity index (χ1v) is 7.86. The number of hydrogen-bond acceptors (Lipinski definition) is 7. The molecular weight excluding hydrogens is 328 g/mol. The Kier molecular flexibility index (Phi) is 5.90. The number of hydrogen-bond donors (Lipinski definition) is 0. The van der Waals surface area contributed by atoms with E-state index in [0.29, 0.717) is 28.4 Å². The first-order chi connectivity index (χ1) is 11.9. The van der Waals surface area contributed by atoms with Crippen molar-refractivity contribution >= 4 is 11.9 Å². The highest BCUT2D eigenvalue weighted by molar-refractivity contribution is 5.87. The van der Waals surface area contributed by atoms with E-state index in [1.165, 1.54) is 14.0 Å². The van der Waals surface area contributed by atoms with Crippen LogP contribution in [0.1, 0.15) is 39.4 Å². The van der Waals surface area contributed by atoms with E-state index in [4.69, 9.17) is 23.7 Å². The third-order valence-corrected chi connectivity index (χ3v) is 3.78. The Morgan fingerprint density at radius 1 is 1.20 bits per heavy atom. The second-order valence-corrected chi connectivity index (χ2v) is 5.57. The summed E-state index contributed by atoms with van der Waals surface area (Å²) in [5.41, 5.74) is 1.05. The molecule has 0 saturated heterocycles. The number of fused-ring (bicyclic) bond motifs is 1. The fraction of sp³-hybridized carbons (Fsp3) is 0.444. The van der Waals surface area contributed by atoms with Crippen molar-refractivity contribution in [3.05, 3.63) is 29.3 Å². The molecule has 0 spiro atoms. The van der Waals surface area contributed by atoms with Crippen LogP contribution in [-0.4, -0.2) is 31.9 Å². The van der Waals surface area contributed by atoms with Crippen LogP contribution in [0.3, 0.4) is 0 Å². The second kappa shape index (κ2) is 7.92. The molecule has 0 amide bonds. The number of ether oxygens (including phenoxy) is 5. The molecule has 25 heavy (non-hydrogen) atoms. The molecule has 0 fully saturated rings. The van der Waals surface area contributed by atoms with Gasteiger partial charge in [-0.25, -0.2) is 4.79 Å². The lowest BCUT2D eigenvalue weighted by atomic mass is 10.0. The summed E-state index contributed by atoms with van der Waals surface area (Å²) in [5.74, 6) is 0.453. The maximum atomic E-state index is 12.0. The third kappa shape index (κ3) is 4.23. The van der Waals surface area contributed by atoms with Crippen LogP contribution in [-0.2, 0) is 19.1 Å². The molecule has 7 nitrogen and oxygen atoms in total. The summed E-state index contributed by atoms with van der Waals surface area (Å²) in [4.78, 5) is 23.6. The summed E-state index contributed by atoms with van der Waals surface area (Å²) in [7, 11) is 1.50. The van der Waals surface area contributed by atoms with E-state index in [0.717, 1.165) is 0 Å². The average molecular weight is 350 g/mol. The van der Waals surface area contributed by atoms with Crippen LogP contribution in [0.4, 0.5) is 0 Å². The zero-order valence-electron chi connectivity index (χ0n) is 15.0. The smallest absolute Gasteiger partial charge is 0.333 e. The van der Waals surface area contributed by atoms with Gasteiger partial charge in [0.1, 0.15) is 6.10 Å². The highest BCUT2D eigenvalue weighted by atomic mass is 16.7. The Morgan fingerprint density at radius 2 is 1.92 bits per heavy atom. The first-order valence-electron chi connectivity index (χ1n) is 7.86. The van der Waals surface area contributed by atoms with Crippen molar-refractivity contribution in [1.29, 1.82) is 0 Å². The predicted molar refractivity (Wildman–Crippen MR) is 88.6 cm³/mol. The van der Waals surface area contributed by atoms with Gasteiger partial charge in [0.2, 0.25) is 12.5 Å². The Hall–Kier alpha value is -2.70. The van der Waals surface area contributed by atoms with Crippen LogP contribution in [0.5, 0.6) is 17.2 Å². The lowest BCUT2D eigenvalue weighted by Gasteiger charge is -2.25. The van der Waals surface area contributed by atoms with Crippen molar-refractivity contribution in [3.63, 3.8) is 0 Å². The Balaban J connectivity index is 2.34. The molecule has 2 atom stereocenters. The number of benzene rings is 1. The van der Waals surface area contributed by atoms with Gasteiger partial charge in [-0.05, 0) is 32.9 Å². The fourth-order valence-corrected chi connectivity index (χ4v) is 2.37. The molecule has 1 aliphatic heterocycles. The highest BCUT2D eigenvalue weighted by Gasteiger charge is 2.30. The average Bonchev–Trinajstić information content (AvgIpc) is 3.06. The Labute approximate surface area is 146 Å². The molecule has 0 aromatic heterocycles. The fourth-order valence-electron chi connectivity index (χ4n) is 2.37. The number of carbonyl (C=O) groups excluding carboxylic acids is 2. The largest absolute Gasteiger partial charge is 0.493 e. The zero-order valence-corrected chi connectivity index (χ0v) is 15.0. The molecule has 136 valence electrons. The minimum absolute atomic E-state index is 0.0818. The van der Waals surface area contributed by atoms with Gasteiger partial charge in [-0.1, -0.05) is 6.08 Å². The number of allylic oxidation sites excluding steroid dienone is 1. The molecule has 0 saturated carbocycles. The van der Waals surface area contributed by atoms with E-state index in [1.807, 2.05) is 0 Å². The van der Waals surface area contributed by atoms with Crippen molar-refractivity contribution in [2.24, 2.45) is 0 Å². The summed E-state index contributed by atoms with van der Waals surface area (Å²) in [5, 5.41) is 0. The van der Waals surface area contributed by atoms with E-state index in [2.05, 4.69) is 0 Å². The summed E-state index contributed by atoms with van der Waals surface area (Å²) >= 11 is 0. The van der Waals surface area contributed by atoms with Gasteiger partial charge in [0.05, 0.1) is 7.11 Å². The molecule has 1 aromatic rings.